The molecule has 7 heteroatoms. The van der Waals surface area contributed by atoms with Crippen LogP contribution in [0.3, 0.4) is 0 Å². The molecule has 2 aromatic carbocycles. The van der Waals surface area contributed by atoms with E-state index in [1.165, 1.54) is 6.42 Å². The van der Waals surface area contributed by atoms with Crippen LogP contribution in [0.25, 0.3) is 22.3 Å². The molecule has 0 saturated heterocycles. The Bertz CT molecular complexity index is 1220. The van der Waals surface area contributed by atoms with Crippen molar-refractivity contribution in [1.82, 2.24) is 19.3 Å². The fraction of sp³-hybridized carbons (Fsp3) is 0.261. The van der Waals surface area contributed by atoms with Crippen molar-refractivity contribution in [1.29, 1.82) is 0 Å². The van der Waals surface area contributed by atoms with Crippen LogP contribution in [0.5, 0.6) is 0 Å². The first-order valence-corrected chi connectivity index (χ1v) is 10.6. The number of carbonyl (C=O) groups is 1. The number of amides is 1. The van der Waals surface area contributed by atoms with Crippen molar-refractivity contribution in [2.45, 2.75) is 32.2 Å². The third-order valence-corrected chi connectivity index (χ3v) is 6.13. The number of aryl methyl sites for hydroxylation is 2. The molecule has 6 nitrogen and oxygen atoms in total. The Morgan fingerprint density at radius 1 is 1.07 bits per heavy atom. The molecular formula is C23H22ClN5O. The van der Waals surface area contributed by atoms with Crippen molar-refractivity contribution in [2.24, 2.45) is 7.05 Å². The molecule has 1 amide bonds. The predicted octanol–water partition coefficient (Wildman–Crippen LogP) is 5.07. The van der Waals surface area contributed by atoms with Gasteiger partial charge in [0, 0.05) is 42.2 Å². The monoisotopic (exact) mass is 419 g/mol. The summed E-state index contributed by atoms with van der Waals surface area (Å²) in [5.74, 6) is 1.65. The van der Waals surface area contributed by atoms with E-state index in [0.717, 1.165) is 53.9 Å². The highest BCUT2D eigenvalue weighted by molar-refractivity contribution is 6.39. The Hall–Kier alpha value is -3.12. The normalized spacial score (nSPS) is 13.8. The molecule has 1 aliphatic rings. The first-order chi connectivity index (χ1) is 14.6. The first-order valence-electron chi connectivity index (χ1n) is 10.2. The molecule has 152 valence electrons. The Balaban J connectivity index is 1.46. The summed E-state index contributed by atoms with van der Waals surface area (Å²) in [6.07, 6.45) is 4.46. The van der Waals surface area contributed by atoms with Crippen LogP contribution < -0.4 is 5.32 Å². The van der Waals surface area contributed by atoms with E-state index in [1.54, 1.807) is 0 Å². The summed E-state index contributed by atoms with van der Waals surface area (Å²) in [6, 6.07) is 15.5. The Labute approximate surface area is 179 Å². The lowest BCUT2D eigenvalue weighted by Gasteiger charge is -2.10. The number of nitrogens with zero attached hydrogens (tertiary/aromatic N) is 4. The minimum Gasteiger partial charge on any atom is -0.338 e. The molecule has 0 spiro atoms. The number of carbonyl (C=O) groups excluding carboxylic acids is 1. The van der Waals surface area contributed by atoms with E-state index in [1.807, 2.05) is 60.1 Å². The van der Waals surface area contributed by atoms with Gasteiger partial charge >= 0.3 is 0 Å². The van der Waals surface area contributed by atoms with Gasteiger partial charge in [-0.2, -0.15) is 0 Å². The van der Waals surface area contributed by atoms with E-state index in [4.69, 9.17) is 11.6 Å². The summed E-state index contributed by atoms with van der Waals surface area (Å²) >= 11 is 6.53. The minimum absolute atomic E-state index is 0.240. The number of hydrogen-bond acceptors (Lipinski definition) is 3. The molecule has 0 bridgehead atoms. The van der Waals surface area contributed by atoms with E-state index >= 15 is 0 Å². The fourth-order valence-electron chi connectivity index (χ4n) is 4.22. The van der Waals surface area contributed by atoms with Crippen LogP contribution in [0.2, 0.25) is 5.02 Å². The Morgan fingerprint density at radius 3 is 2.80 bits per heavy atom. The highest BCUT2D eigenvalue weighted by Gasteiger charge is 2.21. The molecule has 2 aromatic heterocycles. The van der Waals surface area contributed by atoms with Crippen LogP contribution in [0.15, 0.2) is 48.5 Å². The summed E-state index contributed by atoms with van der Waals surface area (Å²) in [4.78, 5) is 13.1. The summed E-state index contributed by atoms with van der Waals surface area (Å²) in [5.41, 5.74) is 3.01. The van der Waals surface area contributed by atoms with Crippen LogP contribution in [0.1, 0.15) is 35.6 Å². The largest absolute Gasteiger partial charge is 0.338 e. The van der Waals surface area contributed by atoms with E-state index in [0.29, 0.717) is 16.4 Å². The standard InChI is InChI=1S/C23H22ClN5O/c1-28-18-11-5-4-10-17(18)20(24)21(28)23(30)25-16-9-7-8-15(14-16)22-27-26-19-12-3-2-6-13-29(19)22/h4-5,7-11,14H,2-3,6,12-13H2,1H3,(H,25,30). The zero-order chi connectivity index (χ0) is 20.7. The molecule has 30 heavy (non-hydrogen) atoms. The summed E-state index contributed by atoms with van der Waals surface area (Å²) in [6.45, 7) is 0.930. The Morgan fingerprint density at radius 2 is 1.93 bits per heavy atom. The van der Waals surface area contributed by atoms with Gasteiger partial charge in [-0.05, 0) is 31.0 Å². The SMILES string of the molecule is Cn1c(C(=O)Nc2cccc(-c3nnc4n3CCCCC4)c2)c(Cl)c2ccccc21. The number of anilines is 1. The van der Waals surface area contributed by atoms with Crippen molar-refractivity contribution in [3.05, 3.63) is 65.1 Å². The number of nitrogens with one attached hydrogen (secondary N) is 1. The van der Waals surface area contributed by atoms with Gasteiger partial charge in [0.05, 0.1) is 5.02 Å². The van der Waals surface area contributed by atoms with E-state index in [2.05, 4.69) is 20.1 Å². The third kappa shape index (κ3) is 3.17. The molecular weight excluding hydrogens is 398 g/mol. The van der Waals surface area contributed by atoms with E-state index < -0.39 is 0 Å². The van der Waals surface area contributed by atoms with Crippen molar-refractivity contribution < 1.29 is 4.79 Å². The lowest BCUT2D eigenvalue weighted by Crippen LogP contribution is -2.16. The van der Waals surface area contributed by atoms with Crippen molar-refractivity contribution in [3.63, 3.8) is 0 Å². The van der Waals surface area contributed by atoms with Gasteiger partial charge in [0.25, 0.3) is 5.91 Å². The highest BCUT2D eigenvalue weighted by atomic mass is 35.5. The average Bonchev–Trinajstić information content (AvgIpc) is 3.17. The maximum absolute atomic E-state index is 13.1. The topological polar surface area (TPSA) is 64.7 Å². The van der Waals surface area contributed by atoms with Gasteiger partial charge in [-0.15, -0.1) is 10.2 Å². The average molecular weight is 420 g/mol. The van der Waals surface area contributed by atoms with E-state index in [9.17, 15) is 4.79 Å². The van der Waals surface area contributed by atoms with Crippen molar-refractivity contribution >= 4 is 34.1 Å². The number of aromatic nitrogens is 4. The number of rotatable bonds is 3. The predicted molar refractivity (Wildman–Crippen MR) is 119 cm³/mol. The van der Waals surface area contributed by atoms with Gasteiger partial charge in [0.1, 0.15) is 11.5 Å². The molecule has 3 heterocycles. The zero-order valence-corrected chi connectivity index (χ0v) is 17.5. The number of halogens is 1. The molecule has 5 rings (SSSR count). The van der Waals surface area contributed by atoms with Gasteiger partial charge in [0.2, 0.25) is 0 Å². The maximum atomic E-state index is 13.1. The van der Waals surface area contributed by atoms with Crippen LogP contribution >= 0.6 is 11.6 Å². The second-order valence-electron chi connectivity index (χ2n) is 7.68. The van der Waals surface area contributed by atoms with Gasteiger partial charge in [-0.3, -0.25) is 4.79 Å². The quantitative estimate of drug-likeness (QED) is 0.504. The number of benzene rings is 2. The molecule has 0 unspecified atom stereocenters. The summed E-state index contributed by atoms with van der Waals surface area (Å²) < 4.78 is 4.03. The molecule has 0 radical (unpaired) electrons. The maximum Gasteiger partial charge on any atom is 0.273 e. The summed E-state index contributed by atoms with van der Waals surface area (Å²) in [5, 5.41) is 13.1. The summed E-state index contributed by atoms with van der Waals surface area (Å²) in [7, 11) is 1.85. The van der Waals surface area contributed by atoms with Gasteiger partial charge in [-0.25, -0.2) is 0 Å². The molecule has 4 aromatic rings. The molecule has 1 aliphatic heterocycles. The van der Waals surface area contributed by atoms with Gasteiger partial charge in [0.15, 0.2) is 5.82 Å². The number of hydrogen-bond donors (Lipinski definition) is 1. The number of para-hydroxylation sites is 1. The third-order valence-electron chi connectivity index (χ3n) is 5.75. The molecule has 0 saturated carbocycles. The fourth-order valence-corrected chi connectivity index (χ4v) is 4.60. The van der Waals surface area contributed by atoms with Crippen molar-refractivity contribution in [3.8, 4) is 11.4 Å². The highest BCUT2D eigenvalue weighted by Crippen LogP contribution is 2.31. The van der Waals surface area contributed by atoms with Crippen LogP contribution in [-0.4, -0.2) is 25.2 Å². The Kier molecular flexibility index (Phi) is 4.79. The molecule has 0 atom stereocenters. The first kappa shape index (κ1) is 18.9. The molecule has 1 N–H and O–H groups in total. The van der Waals surface area contributed by atoms with Gasteiger partial charge < -0.3 is 14.5 Å². The minimum atomic E-state index is -0.240. The number of fused-ring (bicyclic) bond motifs is 2. The second kappa shape index (κ2) is 7.61. The van der Waals surface area contributed by atoms with Crippen LogP contribution in [0, 0.1) is 0 Å². The lowest BCUT2D eigenvalue weighted by molar-refractivity contribution is 0.102. The second-order valence-corrected chi connectivity index (χ2v) is 8.05. The zero-order valence-electron chi connectivity index (χ0n) is 16.7. The van der Waals surface area contributed by atoms with E-state index in [-0.39, 0.29) is 5.91 Å². The van der Waals surface area contributed by atoms with Crippen LogP contribution in [-0.2, 0) is 20.0 Å². The smallest absolute Gasteiger partial charge is 0.273 e. The van der Waals surface area contributed by atoms with Crippen LogP contribution in [0.4, 0.5) is 5.69 Å². The molecule has 0 fully saturated rings. The van der Waals surface area contributed by atoms with Crippen molar-refractivity contribution in [2.75, 3.05) is 5.32 Å². The molecule has 0 aliphatic carbocycles. The lowest BCUT2D eigenvalue weighted by atomic mass is 10.1. The van der Waals surface area contributed by atoms with Gasteiger partial charge in [-0.1, -0.05) is 48.4 Å².